The van der Waals surface area contributed by atoms with E-state index in [1.54, 1.807) is 26.0 Å². The van der Waals surface area contributed by atoms with Gasteiger partial charge < -0.3 is 9.52 Å². The number of sulfonamides is 1. The monoisotopic (exact) mass is 323 g/mol. The predicted molar refractivity (Wildman–Crippen MR) is 84.2 cm³/mol. The highest BCUT2D eigenvalue weighted by Gasteiger charge is 2.23. The molecule has 5 nitrogen and oxygen atoms in total. The molecular formula is C16H21NO4S. The molecule has 0 saturated heterocycles. The number of nitrogens with one attached hydrogen (secondary N) is 1. The zero-order chi connectivity index (χ0) is 16.5. The Balaban J connectivity index is 2.28. The van der Waals surface area contributed by atoms with E-state index in [0.29, 0.717) is 5.76 Å². The largest absolute Gasteiger partial charge is 0.467 e. The van der Waals surface area contributed by atoms with E-state index in [2.05, 4.69) is 4.72 Å². The number of benzene rings is 1. The molecule has 1 heterocycles. The smallest absolute Gasteiger partial charge is 0.241 e. The number of hydrogen-bond donors (Lipinski definition) is 2. The van der Waals surface area contributed by atoms with Gasteiger partial charge in [0.25, 0.3) is 0 Å². The summed E-state index contributed by atoms with van der Waals surface area (Å²) in [5.41, 5.74) is 3.30. The minimum absolute atomic E-state index is 0.137. The lowest BCUT2D eigenvalue weighted by molar-refractivity contribution is 0.154. The molecule has 2 rings (SSSR count). The summed E-state index contributed by atoms with van der Waals surface area (Å²) in [6, 6.07) is 5.22. The van der Waals surface area contributed by atoms with E-state index in [9.17, 15) is 13.5 Å². The number of aliphatic hydroxyl groups excluding tert-OH is 1. The zero-order valence-electron chi connectivity index (χ0n) is 13.2. The fourth-order valence-electron chi connectivity index (χ4n) is 2.43. The maximum Gasteiger partial charge on any atom is 0.241 e. The highest BCUT2D eigenvalue weighted by Crippen LogP contribution is 2.26. The molecular weight excluding hydrogens is 302 g/mol. The van der Waals surface area contributed by atoms with E-state index >= 15 is 0 Å². The average molecular weight is 323 g/mol. The zero-order valence-corrected chi connectivity index (χ0v) is 14.0. The van der Waals surface area contributed by atoms with E-state index in [1.165, 1.54) is 6.26 Å². The van der Waals surface area contributed by atoms with Crippen molar-refractivity contribution in [2.45, 2.75) is 38.7 Å². The molecule has 1 unspecified atom stereocenters. The number of aryl methyl sites for hydroxylation is 2. The van der Waals surface area contributed by atoms with Gasteiger partial charge in [0, 0.05) is 6.54 Å². The second kappa shape index (κ2) is 6.24. The molecule has 0 aliphatic heterocycles. The van der Waals surface area contributed by atoms with Gasteiger partial charge in [0.1, 0.15) is 11.9 Å². The SMILES string of the molecule is Cc1cc(C)c(C)c(S(=O)(=O)NCC(O)c2ccco2)c1C. The van der Waals surface area contributed by atoms with Crippen molar-refractivity contribution >= 4 is 10.0 Å². The van der Waals surface area contributed by atoms with Crippen molar-refractivity contribution in [3.63, 3.8) is 0 Å². The van der Waals surface area contributed by atoms with Crippen molar-refractivity contribution in [1.29, 1.82) is 0 Å². The molecule has 0 radical (unpaired) electrons. The molecule has 0 amide bonds. The quantitative estimate of drug-likeness (QED) is 0.886. The van der Waals surface area contributed by atoms with Gasteiger partial charge in [-0.25, -0.2) is 13.1 Å². The fraction of sp³-hybridized carbons (Fsp3) is 0.375. The van der Waals surface area contributed by atoms with Gasteiger partial charge in [0.2, 0.25) is 10.0 Å². The predicted octanol–water partition coefficient (Wildman–Crippen LogP) is 2.53. The minimum Gasteiger partial charge on any atom is -0.467 e. The maximum absolute atomic E-state index is 12.6. The average Bonchev–Trinajstić information content (AvgIpc) is 2.97. The Hall–Kier alpha value is -1.63. The van der Waals surface area contributed by atoms with Crippen LogP contribution in [0.25, 0.3) is 0 Å². The normalized spacial score (nSPS) is 13.3. The minimum atomic E-state index is -3.70. The Labute approximate surface area is 131 Å². The summed E-state index contributed by atoms with van der Waals surface area (Å²) in [5, 5.41) is 9.95. The first kappa shape index (κ1) is 16.7. The van der Waals surface area contributed by atoms with E-state index in [1.807, 2.05) is 19.9 Å². The third-order valence-electron chi connectivity index (χ3n) is 3.90. The summed E-state index contributed by atoms with van der Waals surface area (Å²) >= 11 is 0. The molecule has 1 aromatic carbocycles. The second-order valence-electron chi connectivity index (χ2n) is 5.47. The lowest BCUT2D eigenvalue weighted by atomic mass is 10.0. The standard InChI is InChI=1S/C16H21NO4S/c1-10-8-11(2)13(4)16(12(10)3)22(19,20)17-9-14(18)15-6-5-7-21-15/h5-8,14,17-18H,9H2,1-4H3. The molecule has 22 heavy (non-hydrogen) atoms. The molecule has 0 spiro atoms. The Morgan fingerprint density at radius 1 is 1.18 bits per heavy atom. The molecule has 1 aromatic heterocycles. The van der Waals surface area contributed by atoms with Gasteiger partial charge in [-0.1, -0.05) is 6.07 Å². The topological polar surface area (TPSA) is 79.5 Å². The van der Waals surface area contributed by atoms with Crippen molar-refractivity contribution in [2.24, 2.45) is 0 Å². The highest BCUT2D eigenvalue weighted by atomic mass is 32.2. The van der Waals surface area contributed by atoms with Crippen molar-refractivity contribution in [3.8, 4) is 0 Å². The second-order valence-corrected chi connectivity index (χ2v) is 7.18. The first-order valence-electron chi connectivity index (χ1n) is 7.02. The van der Waals surface area contributed by atoms with Crippen molar-refractivity contribution in [3.05, 3.63) is 52.5 Å². The van der Waals surface area contributed by atoms with Crippen molar-refractivity contribution in [2.75, 3.05) is 6.54 Å². The van der Waals surface area contributed by atoms with Gasteiger partial charge in [-0.3, -0.25) is 0 Å². The van der Waals surface area contributed by atoms with Gasteiger partial charge in [-0.2, -0.15) is 0 Å². The first-order chi connectivity index (χ1) is 10.2. The van der Waals surface area contributed by atoms with Gasteiger partial charge in [0.05, 0.1) is 11.2 Å². The molecule has 0 aliphatic carbocycles. The van der Waals surface area contributed by atoms with Crippen LogP contribution in [0.4, 0.5) is 0 Å². The van der Waals surface area contributed by atoms with Crippen LogP contribution in [-0.2, 0) is 10.0 Å². The van der Waals surface area contributed by atoms with Crippen LogP contribution in [-0.4, -0.2) is 20.1 Å². The summed E-state index contributed by atoms with van der Waals surface area (Å²) in [6.45, 7) is 7.22. The van der Waals surface area contributed by atoms with Crippen LogP contribution in [0.2, 0.25) is 0 Å². The van der Waals surface area contributed by atoms with Crippen LogP contribution < -0.4 is 4.72 Å². The molecule has 0 aliphatic rings. The first-order valence-corrected chi connectivity index (χ1v) is 8.51. The Kier molecular flexibility index (Phi) is 4.75. The van der Waals surface area contributed by atoms with Crippen LogP contribution in [0.5, 0.6) is 0 Å². The number of aliphatic hydroxyl groups is 1. The van der Waals surface area contributed by atoms with Crippen molar-refractivity contribution < 1.29 is 17.9 Å². The van der Waals surface area contributed by atoms with Crippen LogP contribution in [0.1, 0.15) is 34.1 Å². The Bertz CT molecular complexity index is 738. The maximum atomic E-state index is 12.6. The van der Waals surface area contributed by atoms with E-state index in [4.69, 9.17) is 4.42 Å². The fourth-order valence-corrected chi connectivity index (χ4v) is 4.08. The lowest BCUT2D eigenvalue weighted by Gasteiger charge is -2.17. The summed E-state index contributed by atoms with van der Waals surface area (Å²) < 4.78 is 32.7. The third-order valence-corrected chi connectivity index (χ3v) is 5.60. The molecule has 1 atom stereocenters. The van der Waals surface area contributed by atoms with Crippen LogP contribution in [0.3, 0.4) is 0 Å². The Morgan fingerprint density at radius 3 is 2.27 bits per heavy atom. The van der Waals surface area contributed by atoms with Crippen LogP contribution in [0.15, 0.2) is 33.8 Å². The number of rotatable bonds is 5. The van der Waals surface area contributed by atoms with E-state index in [0.717, 1.165) is 22.3 Å². The van der Waals surface area contributed by atoms with Gasteiger partial charge in [-0.05, 0) is 62.1 Å². The number of hydrogen-bond acceptors (Lipinski definition) is 4. The molecule has 120 valence electrons. The molecule has 2 aromatic rings. The van der Waals surface area contributed by atoms with Crippen LogP contribution in [0, 0.1) is 27.7 Å². The molecule has 6 heteroatoms. The summed E-state index contributed by atoms with van der Waals surface area (Å²) in [5.74, 6) is 0.330. The van der Waals surface area contributed by atoms with Gasteiger partial charge >= 0.3 is 0 Å². The van der Waals surface area contributed by atoms with E-state index < -0.39 is 16.1 Å². The molecule has 0 fully saturated rings. The number of furan rings is 1. The molecule has 2 N–H and O–H groups in total. The Morgan fingerprint density at radius 2 is 1.77 bits per heavy atom. The van der Waals surface area contributed by atoms with Crippen molar-refractivity contribution in [1.82, 2.24) is 4.72 Å². The molecule has 0 saturated carbocycles. The highest BCUT2D eigenvalue weighted by molar-refractivity contribution is 7.89. The third kappa shape index (κ3) is 3.24. The molecule has 0 bridgehead atoms. The van der Waals surface area contributed by atoms with Gasteiger partial charge in [0.15, 0.2) is 0 Å². The van der Waals surface area contributed by atoms with E-state index in [-0.39, 0.29) is 11.4 Å². The summed E-state index contributed by atoms with van der Waals surface area (Å²) in [7, 11) is -3.70. The lowest BCUT2D eigenvalue weighted by Crippen LogP contribution is -2.30. The van der Waals surface area contributed by atoms with Crippen LogP contribution >= 0.6 is 0 Å². The summed E-state index contributed by atoms with van der Waals surface area (Å²) in [6.07, 6.45) is 0.418. The van der Waals surface area contributed by atoms with Gasteiger partial charge in [-0.15, -0.1) is 0 Å². The summed E-state index contributed by atoms with van der Waals surface area (Å²) in [4.78, 5) is 0.289.